The summed E-state index contributed by atoms with van der Waals surface area (Å²) in [6.07, 6.45) is 2.04. The van der Waals surface area contributed by atoms with E-state index in [1.165, 1.54) is 24.0 Å². The van der Waals surface area contributed by atoms with Gasteiger partial charge in [-0.1, -0.05) is 48.5 Å². The highest BCUT2D eigenvalue weighted by atomic mass is 19.1. The van der Waals surface area contributed by atoms with Crippen LogP contribution in [0.15, 0.2) is 79.0 Å². The molecule has 1 heterocycles. The van der Waals surface area contributed by atoms with E-state index in [9.17, 15) is 14.0 Å². The van der Waals surface area contributed by atoms with Crippen LogP contribution in [0.25, 0.3) is 0 Å². The molecule has 0 saturated carbocycles. The zero-order valence-corrected chi connectivity index (χ0v) is 16.8. The second-order valence-electron chi connectivity index (χ2n) is 7.02. The van der Waals surface area contributed by atoms with Crippen molar-refractivity contribution in [1.82, 2.24) is 15.2 Å². The fraction of sp³-hybridized carbons (Fsp3) is 0.208. The number of aromatic nitrogens is 1. The van der Waals surface area contributed by atoms with Crippen LogP contribution >= 0.6 is 0 Å². The van der Waals surface area contributed by atoms with Gasteiger partial charge in [-0.25, -0.2) is 4.39 Å². The number of carbonyl (C=O) groups is 2. The average molecular weight is 405 g/mol. The van der Waals surface area contributed by atoms with Gasteiger partial charge >= 0.3 is 0 Å². The molecular weight excluding hydrogens is 381 g/mol. The zero-order chi connectivity index (χ0) is 21.3. The van der Waals surface area contributed by atoms with Crippen LogP contribution in [-0.4, -0.2) is 27.7 Å². The quantitative estimate of drug-likeness (QED) is 0.624. The standard InChI is InChI=1S/C24H24FN3O2/c1-18(29)28(17-20-10-12-21(25)13-11-20)23(15-19-7-3-2-4-8-19)24(30)27-16-22-9-5-6-14-26-22/h2-14,23H,15-17H2,1H3,(H,27,30). The fourth-order valence-corrected chi connectivity index (χ4v) is 3.21. The van der Waals surface area contributed by atoms with Crippen LogP contribution in [0.5, 0.6) is 0 Å². The Hall–Kier alpha value is -3.54. The van der Waals surface area contributed by atoms with Crippen molar-refractivity contribution in [3.63, 3.8) is 0 Å². The average Bonchev–Trinajstić information content (AvgIpc) is 2.77. The van der Waals surface area contributed by atoms with E-state index in [4.69, 9.17) is 0 Å². The third kappa shape index (κ3) is 5.98. The summed E-state index contributed by atoms with van der Waals surface area (Å²) in [5.74, 6) is -0.836. The summed E-state index contributed by atoms with van der Waals surface area (Å²) in [4.78, 5) is 31.3. The maximum absolute atomic E-state index is 13.3. The lowest BCUT2D eigenvalue weighted by atomic mass is 10.0. The summed E-state index contributed by atoms with van der Waals surface area (Å²) < 4.78 is 13.3. The van der Waals surface area contributed by atoms with Crippen molar-refractivity contribution in [3.8, 4) is 0 Å². The third-order valence-electron chi connectivity index (χ3n) is 4.79. The third-order valence-corrected chi connectivity index (χ3v) is 4.79. The number of amides is 2. The van der Waals surface area contributed by atoms with Gasteiger partial charge in [-0.15, -0.1) is 0 Å². The molecule has 1 unspecified atom stereocenters. The first-order valence-electron chi connectivity index (χ1n) is 9.76. The maximum Gasteiger partial charge on any atom is 0.243 e. The summed E-state index contributed by atoms with van der Waals surface area (Å²) >= 11 is 0. The van der Waals surface area contributed by atoms with E-state index in [1.807, 2.05) is 48.5 Å². The SMILES string of the molecule is CC(=O)N(Cc1ccc(F)cc1)C(Cc1ccccc1)C(=O)NCc1ccccn1. The number of benzene rings is 2. The van der Waals surface area contributed by atoms with E-state index in [2.05, 4.69) is 10.3 Å². The molecule has 0 bridgehead atoms. The predicted octanol–water partition coefficient (Wildman–Crippen LogP) is 3.50. The van der Waals surface area contributed by atoms with Crippen molar-refractivity contribution >= 4 is 11.8 Å². The van der Waals surface area contributed by atoms with E-state index < -0.39 is 6.04 Å². The number of halogens is 1. The molecule has 0 fully saturated rings. The Morgan fingerprint density at radius 2 is 1.67 bits per heavy atom. The van der Waals surface area contributed by atoms with E-state index in [0.717, 1.165) is 16.8 Å². The van der Waals surface area contributed by atoms with Crippen molar-refractivity contribution in [1.29, 1.82) is 0 Å². The molecule has 0 spiro atoms. The van der Waals surface area contributed by atoms with Crippen LogP contribution in [0.2, 0.25) is 0 Å². The Morgan fingerprint density at radius 1 is 0.967 bits per heavy atom. The largest absolute Gasteiger partial charge is 0.349 e. The van der Waals surface area contributed by atoms with Crippen molar-refractivity contribution in [2.75, 3.05) is 0 Å². The first-order chi connectivity index (χ1) is 14.5. The Morgan fingerprint density at radius 3 is 2.30 bits per heavy atom. The van der Waals surface area contributed by atoms with Gasteiger partial charge in [-0.05, 0) is 35.4 Å². The number of nitrogens with one attached hydrogen (secondary N) is 1. The van der Waals surface area contributed by atoms with Gasteiger partial charge in [0.15, 0.2) is 0 Å². The zero-order valence-electron chi connectivity index (χ0n) is 16.8. The molecule has 6 heteroatoms. The lowest BCUT2D eigenvalue weighted by Crippen LogP contribution is -2.49. The van der Waals surface area contributed by atoms with Crippen molar-refractivity contribution in [2.45, 2.75) is 32.5 Å². The van der Waals surface area contributed by atoms with Crippen LogP contribution < -0.4 is 5.32 Å². The molecule has 30 heavy (non-hydrogen) atoms. The Kier molecular flexibility index (Phi) is 7.27. The van der Waals surface area contributed by atoms with E-state index in [1.54, 1.807) is 18.3 Å². The lowest BCUT2D eigenvalue weighted by molar-refractivity contribution is -0.139. The first kappa shape index (κ1) is 21.2. The lowest BCUT2D eigenvalue weighted by Gasteiger charge is -2.30. The highest BCUT2D eigenvalue weighted by Gasteiger charge is 2.28. The number of nitrogens with zero attached hydrogens (tertiary/aromatic N) is 2. The number of rotatable bonds is 8. The normalized spacial score (nSPS) is 11.5. The summed E-state index contributed by atoms with van der Waals surface area (Å²) in [7, 11) is 0. The van der Waals surface area contributed by atoms with E-state index >= 15 is 0 Å². The summed E-state index contributed by atoms with van der Waals surface area (Å²) in [5, 5.41) is 2.89. The molecule has 0 radical (unpaired) electrons. The Balaban J connectivity index is 1.82. The van der Waals surface area contributed by atoms with Gasteiger partial charge in [0, 0.05) is 26.1 Å². The Bertz CT molecular complexity index is 963. The number of hydrogen-bond acceptors (Lipinski definition) is 3. The van der Waals surface area contributed by atoms with Crippen LogP contribution in [-0.2, 0) is 29.1 Å². The van der Waals surface area contributed by atoms with Gasteiger partial charge in [-0.3, -0.25) is 14.6 Å². The minimum absolute atomic E-state index is 0.212. The monoisotopic (exact) mass is 405 g/mol. The number of carbonyl (C=O) groups excluding carboxylic acids is 2. The fourth-order valence-electron chi connectivity index (χ4n) is 3.21. The summed E-state index contributed by atoms with van der Waals surface area (Å²) in [6.45, 7) is 1.92. The Labute approximate surface area is 175 Å². The van der Waals surface area contributed by atoms with Crippen LogP contribution in [0, 0.1) is 5.82 Å². The molecule has 0 aliphatic rings. The molecule has 5 nitrogen and oxygen atoms in total. The van der Waals surface area contributed by atoms with Crippen molar-refractivity contribution < 1.29 is 14.0 Å². The molecule has 0 saturated heterocycles. The first-order valence-corrected chi connectivity index (χ1v) is 9.76. The van der Waals surface area contributed by atoms with Gasteiger partial charge < -0.3 is 10.2 Å². The minimum atomic E-state index is -0.710. The molecule has 2 aromatic carbocycles. The highest BCUT2D eigenvalue weighted by Crippen LogP contribution is 2.15. The molecule has 0 aliphatic carbocycles. The summed E-state index contributed by atoms with van der Waals surface area (Å²) in [6, 6.07) is 20.3. The molecule has 2 amide bonds. The number of pyridine rings is 1. The van der Waals surface area contributed by atoms with Gasteiger partial charge in [0.1, 0.15) is 11.9 Å². The van der Waals surface area contributed by atoms with Crippen molar-refractivity contribution in [2.24, 2.45) is 0 Å². The minimum Gasteiger partial charge on any atom is -0.349 e. The van der Waals surface area contributed by atoms with Gasteiger partial charge in [0.05, 0.1) is 12.2 Å². The van der Waals surface area contributed by atoms with Crippen LogP contribution in [0.3, 0.4) is 0 Å². The molecule has 1 atom stereocenters. The smallest absolute Gasteiger partial charge is 0.243 e. The molecule has 1 N–H and O–H groups in total. The number of hydrogen-bond donors (Lipinski definition) is 1. The van der Waals surface area contributed by atoms with Gasteiger partial charge in [0.25, 0.3) is 0 Å². The molecule has 3 rings (SSSR count). The second-order valence-corrected chi connectivity index (χ2v) is 7.02. The molecule has 154 valence electrons. The molecule has 1 aromatic heterocycles. The predicted molar refractivity (Wildman–Crippen MR) is 113 cm³/mol. The maximum atomic E-state index is 13.3. The second kappa shape index (κ2) is 10.3. The van der Waals surface area contributed by atoms with E-state index in [-0.39, 0.29) is 30.7 Å². The van der Waals surface area contributed by atoms with Crippen LogP contribution in [0.4, 0.5) is 4.39 Å². The summed E-state index contributed by atoms with van der Waals surface area (Å²) in [5.41, 5.74) is 2.43. The van der Waals surface area contributed by atoms with Crippen molar-refractivity contribution in [3.05, 3.63) is 102 Å². The van der Waals surface area contributed by atoms with Crippen LogP contribution in [0.1, 0.15) is 23.7 Å². The topological polar surface area (TPSA) is 62.3 Å². The molecular formula is C24H24FN3O2. The highest BCUT2D eigenvalue weighted by molar-refractivity contribution is 5.87. The van der Waals surface area contributed by atoms with Gasteiger partial charge in [0.2, 0.25) is 11.8 Å². The van der Waals surface area contributed by atoms with E-state index in [0.29, 0.717) is 6.42 Å². The molecule has 0 aliphatic heterocycles. The molecule has 3 aromatic rings. The van der Waals surface area contributed by atoms with Gasteiger partial charge in [-0.2, -0.15) is 0 Å².